The first-order valence-corrected chi connectivity index (χ1v) is 9.65. The molecule has 0 aliphatic rings. The van der Waals surface area contributed by atoms with Gasteiger partial charge in [-0.15, -0.1) is 6.42 Å². The summed E-state index contributed by atoms with van der Waals surface area (Å²) >= 11 is 0. The van der Waals surface area contributed by atoms with Crippen LogP contribution in [-0.2, 0) is 9.30 Å². The molecule has 0 saturated carbocycles. The van der Waals surface area contributed by atoms with Gasteiger partial charge in [-0.25, -0.2) is 9.78 Å². The van der Waals surface area contributed by atoms with E-state index in [2.05, 4.69) is 10.9 Å². The lowest BCUT2D eigenvalue weighted by molar-refractivity contribution is 0.0587. The molecule has 1 rings (SSSR count). The molecule has 6 nitrogen and oxygen atoms in total. The van der Waals surface area contributed by atoms with Crippen LogP contribution in [0.1, 0.15) is 20.8 Å². The molecule has 0 bridgehead atoms. The normalized spacial score (nSPS) is 11.5. The van der Waals surface area contributed by atoms with Crippen molar-refractivity contribution in [3.05, 3.63) is 12.1 Å². The second kappa shape index (κ2) is 7.06. The van der Waals surface area contributed by atoms with Crippen LogP contribution in [0.2, 0.25) is 0 Å². The van der Waals surface area contributed by atoms with Gasteiger partial charge in [0.25, 0.3) is 0 Å². The Bertz CT molecular complexity index is 668. The van der Waals surface area contributed by atoms with Gasteiger partial charge in [-0.3, -0.25) is 4.90 Å². The zero-order valence-corrected chi connectivity index (χ0v) is 15.3. The molecule has 1 amide bonds. The average molecular weight is 338 g/mol. The molecule has 23 heavy (non-hydrogen) atoms. The summed E-state index contributed by atoms with van der Waals surface area (Å²) in [5.74, 6) is 2.90. The first-order valence-electron chi connectivity index (χ1n) is 7.05. The van der Waals surface area contributed by atoms with Gasteiger partial charge in [0.15, 0.2) is 11.6 Å². The van der Waals surface area contributed by atoms with E-state index >= 15 is 0 Å². The zero-order chi connectivity index (χ0) is 17.8. The molecule has 0 fully saturated rings. The van der Waals surface area contributed by atoms with Crippen LogP contribution in [0, 0.1) is 12.3 Å². The summed E-state index contributed by atoms with van der Waals surface area (Å²) in [6, 6.07) is 3.22. The first kappa shape index (κ1) is 19.1. The third kappa shape index (κ3) is 5.61. The highest BCUT2D eigenvalue weighted by atomic mass is 31.2. The molecule has 0 aromatic carbocycles. The highest BCUT2D eigenvalue weighted by Gasteiger charge is 2.25. The van der Waals surface area contributed by atoms with Crippen LogP contribution in [0.3, 0.4) is 0 Å². The monoisotopic (exact) mass is 338 g/mol. The van der Waals surface area contributed by atoms with Crippen molar-refractivity contribution >= 4 is 24.5 Å². The van der Waals surface area contributed by atoms with Crippen LogP contribution in [-0.4, -0.2) is 43.7 Å². The van der Waals surface area contributed by atoms with Crippen LogP contribution < -0.4 is 15.1 Å². The molecule has 1 heterocycles. The van der Waals surface area contributed by atoms with Gasteiger partial charge in [-0.1, -0.05) is 5.92 Å². The Morgan fingerprint density at radius 1 is 1.39 bits per heavy atom. The van der Waals surface area contributed by atoms with E-state index in [4.69, 9.17) is 15.9 Å². The molecule has 0 atom stereocenters. The van der Waals surface area contributed by atoms with E-state index in [9.17, 15) is 9.36 Å². The molecule has 7 heteroatoms. The van der Waals surface area contributed by atoms with E-state index < -0.39 is 18.8 Å². The Balaban J connectivity index is 3.25. The van der Waals surface area contributed by atoms with Gasteiger partial charge in [0, 0.05) is 7.05 Å². The van der Waals surface area contributed by atoms with Crippen molar-refractivity contribution in [2.75, 3.05) is 31.9 Å². The summed E-state index contributed by atoms with van der Waals surface area (Å²) in [5.41, 5.74) is -0.246. The van der Waals surface area contributed by atoms with E-state index in [1.807, 2.05) is 0 Å². The van der Waals surface area contributed by atoms with Gasteiger partial charge in [0.2, 0.25) is 0 Å². The minimum atomic E-state index is -2.59. The van der Waals surface area contributed by atoms with E-state index in [1.165, 1.54) is 11.9 Å². The number of carbonyl (C=O) groups excluding carboxylic acids is 1. The van der Waals surface area contributed by atoms with Crippen LogP contribution in [0.25, 0.3) is 0 Å². The lowest BCUT2D eigenvalue weighted by atomic mass is 10.2. The zero-order valence-electron chi connectivity index (χ0n) is 14.4. The average Bonchev–Trinajstić information content (AvgIpc) is 2.41. The van der Waals surface area contributed by atoms with Crippen LogP contribution in [0.4, 0.5) is 10.6 Å². The summed E-state index contributed by atoms with van der Waals surface area (Å²) in [7, 11) is -1.07. The Morgan fingerprint density at radius 2 is 2.00 bits per heavy atom. The number of rotatable bonds is 4. The van der Waals surface area contributed by atoms with Gasteiger partial charge >= 0.3 is 6.09 Å². The molecule has 0 N–H and O–H groups in total. The fourth-order valence-corrected chi connectivity index (χ4v) is 2.38. The summed E-state index contributed by atoms with van der Waals surface area (Å²) in [6.45, 7) is 8.55. The van der Waals surface area contributed by atoms with Crippen LogP contribution >= 0.6 is 7.14 Å². The number of nitrogens with zero attached hydrogens (tertiary/aromatic N) is 2. The number of aromatic nitrogens is 1. The lowest BCUT2D eigenvalue weighted by Crippen LogP contribution is -2.35. The number of carbonyl (C=O) groups is 1. The molecular weight excluding hydrogens is 315 g/mol. The smallest absolute Gasteiger partial charge is 0.415 e. The molecule has 1 aromatic rings. The fraction of sp³-hybridized carbons (Fsp3) is 0.500. The maximum Gasteiger partial charge on any atom is 0.415 e. The molecule has 126 valence electrons. The number of pyridine rings is 1. The number of hydrogen-bond donors (Lipinski definition) is 0. The van der Waals surface area contributed by atoms with E-state index in [1.54, 1.807) is 46.2 Å². The maximum atomic E-state index is 12.2. The predicted octanol–water partition coefficient (Wildman–Crippen LogP) is 2.71. The minimum absolute atomic E-state index is 0.0338. The number of ether oxygens (including phenoxy) is 2. The standard InChI is InChI=1S/C16H23N2O4P/c1-8-11-21-12-9-10-13(23(6,7)20)17-14(12)18(5)15(19)22-16(2,3)4/h1,9-10H,11H2,2-7H3. The van der Waals surface area contributed by atoms with E-state index in [0.717, 1.165) is 0 Å². The minimum Gasteiger partial charge on any atom is -0.477 e. The Kier molecular flexibility index (Phi) is 5.85. The Morgan fingerprint density at radius 3 is 2.48 bits per heavy atom. The van der Waals surface area contributed by atoms with E-state index in [0.29, 0.717) is 11.2 Å². The number of amides is 1. The second-order valence-corrected chi connectivity index (χ2v) is 9.53. The highest BCUT2D eigenvalue weighted by molar-refractivity contribution is 7.69. The maximum absolute atomic E-state index is 12.2. The molecule has 1 aromatic heterocycles. The highest BCUT2D eigenvalue weighted by Crippen LogP contribution is 2.36. The first-order chi connectivity index (χ1) is 10.5. The van der Waals surface area contributed by atoms with Crippen LogP contribution in [0.15, 0.2) is 12.1 Å². The molecule has 0 saturated heterocycles. The van der Waals surface area contributed by atoms with Crippen molar-refractivity contribution in [2.45, 2.75) is 26.4 Å². The molecule has 0 aliphatic carbocycles. The number of anilines is 1. The van der Waals surface area contributed by atoms with Crippen LogP contribution in [0.5, 0.6) is 5.75 Å². The Labute approximate surface area is 137 Å². The van der Waals surface area contributed by atoms with Gasteiger partial charge in [-0.05, 0) is 46.2 Å². The predicted molar refractivity (Wildman–Crippen MR) is 92.3 cm³/mol. The van der Waals surface area contributed by atoms with Crippen molar-refractivity contribution in [1.29, 1.82) is 0 Å². The van der Waals surface area contributed by atoms with Crippen molar-refractivity contribution < 1.29 is 18.8 Å². The van der Waals surface area contributed by atoms with Crippen molar-refractivity contribution in [2.24, 2.45) is 0 Å². The van der Waals surface area contributed by atoms with Gasteiger partial charge in [-0.2, -0.15) is 0 Å². The lowest BCUT2D eigenvalue weighted by Gasteiger charge is -2.25. The number of terminal acetylenes is 1. The Hall–Kier alpha value is -1.99. The molecule has 0 radical (unpaired) electrons. The summed E-state index contributed by atoms with van der Waals surface area (Å²) in [4.78, 5) is 17.8. The summed E-state index contributed by atoms with van der Waals surface area (Å²) in [5, 5.41) is 0. The van der Waals surface area contributed by atoms with Crippen molar-refractivity contribution in [3.8, 4) is 18.1 Å². The second-order valence-electron chi connectivity index (χ2n) is 6.37. The topological polar surface area (TPSA) is 68.7 Å². The van der Waals surface area contributed by atoms with Gasteiger partial charge < -0.3 is 14.0 Å². The third-order valence-corrected chi connectivity index (χ3v) is 4.02. The number of hydrogen-bond acceptors (Lipinski definition) is 5. The third-order valence-electron chi connectivity index (χ3n) is 2.67. The summed E-state index contributed by atoms with van der Waals surface area (Å²) < 4.78 is 23.0. The van der Waals surface area contributed by atoms with Gasteiger partial charge in [0.1, 0.15) is 24.8 Å². The molecule has 0 unspecified atom stereocenters. The SMILES string of the molecule is C#CCOc1ccc(P(C)(C)=O)nc1N(C)C(=O)OC(C)(C)C. The fourth-order valence-electron chi connectivity index (χ4n) is 1.61. The quantitative estimate of drug-likeness (QED) is 0.624. The van der Waals surface area contributed by atoms with Crippen molar-refractivity contribution in [3.63, 3.8) is 0 Å². The largest absolute Gasteiger partial charge is 0.477 e. The van der Waals surface area contributed by atoms with E-state index in [-0.39, 0.29) is 12.4 Å². The molecule has 0 aliphatic heterocycles. The van der Waals surface area contributed by atoms with Gasteiger partial charge in [0.05, 0.1) is 0 Å². The summed E-state index contributed by atoms with van der Waals surface area (Å²) in [6.07, 6.45) is 4.61. The molecular formula is C16H23N2O4P. The van der Waals surface area contributed by atoms with Crippen molar-refractivity contribution in [1.82, 2.24) is 4.98 Å². The molecule has 0 spiro atoms.